The van der Waals surface area contributed by atoms with E-state index in [0.717, 1.165) is 0 Å². The third kappa shape index (κ3) is 4.77. The maximum atomic E-state index is 10.2. The molecule has 0 aliphatic rings. The number of carboxylic acid groups (broad SMARTS) is 1. The first-order valence-electron chi connectivity index (χ1n) is 4.28. The maximum absolute atomic E-state index is 10.2. The van der Waals surface area contributed by atoms with Crippen molar-refractivity contribution in [2.45, 2.75) is 6.92 Å². The smallest absolute Gasteiger partial charge is 0.546 e. The predicted molar refractivity (Wildman–Crippen MR) is 48.1 cm³/mol. The minimum atomic E-state index is -1.25. The van der Waals surface area contributed by atoms with E-state index in [9.17, 15) is 9.90 Å². The molecule has 0 spiro atoms. The minimum Gasteiger partial charge on any atom is -0.546 e. The van der Waals surface area contributed by atoms with E-state index in [1.807, 2.05) is 6.92 Å². The van der Waals surface area contributed by atoms with Gasteiger partial charge in [0.05, 0.1) is 12.6 Å². The summed E-state index contributed by atoms with van der Waals surface area (Å²) in [5.41, 5.74) is 0. The summed E-state index contributed by atoms with van der Waals surface area (Å²) in [7, 11) is 0. The van der Waals surface area contributed by atoms with Crippen LogP contribution in [0.15, 0.2) is 24.3 Å². The van der Waals surface area contributed by atoms with Crippen molar-refractivity contribution in [1.29, 1.82) is 0 Å². The van der Waals surface area contributed by atoms with Crippen LogP contribution in [-0.2, 0) is 4.79 Å². The van der Waals surface area contributed by atoms with Gasteiger partial charge in [0, 0.05) is 0 Å². The van der Waals surface area contributed by atoms with E-state index in [1.165, 1.54) is 0 Å². The van der Waals surface area contributed by atoms with E-state index in [1.54, 1.807) is 24.3 Å². The Hall–Kier alpha value is -1.11. The van der Waals surface area contributed by atoms with Gasteiger partial charge in [-0.3, -0.25) is 0 Å². The van der Waals surface area contributed by atoms with Gasteiger partial charge in [-0.05, 0) is 19.1 Å². The number of hydrogen-bond donors (Lipinski definition) is 0. The second-order valence-corrected chi connectivity index (χ2v) is 2.54. The first-order valence-corrected chi connectivity index (χ1v) is 4.28. The standard InChI is InChI=1S/C10H12O4.Li/c1-2-13-8-5-3-4-6-9(8)14-7-10(11)12;/h3-6H,2,7H2,1H3,(H,11,12);/q;+1/p-1. The number of rotatable bonds is 5. The van der Waals surface area contributed by atoms with Crippen molar-refractivity contribution in [3.8, 4) is 11.5 Å². The van der Waals surface area contributed by atoms with Gasteiger partial charge in [-0.2, -0.15) is 0 Å². The van der Waals surface area contributed by atoms with E-state index in [2.05, 4.69) is 0 Å². The normalized spacial score (nSPS) is 8.87. The Kier molecular flexibility index (Phi) is 6.68. The Labute approximate surface area is 100 Å². The molecular weight excluding hydrogens is 191 g/mol. The van der Waals surface area contributed by atoms with Crippen molar-refractivity contribution in [2.75, 3.05) is 13.2 Å². The van der Waals surface area contributed by atoms with Crippen LogP contribution in [0.4, 0.5) is 0 Å². The number of carbonyl (C=O) groups is 1. The molecule has 0 heterocycles. The number of hydrogen-bond acceptors (Lipinski definition) is 4. The first-order chi connectivity index (χ1) is 6.74. The zero-order valence-electron chi connectivity index (χ0n) is 8.86. The van der Waals surface area contributed by atoms with Gasteiger partial charge in [0.1, 0.15) is 6.61 Å². The van der Waals surface area contributed by atoms with Gasteiger partial charge in [-0.1, -0.05) is 12.1 Å². The molecule has 0 amide bonds. The summed E-state index contributed by atoms with van der Waals surface area (Å²) in [6.45, 7) is 1.88. The molecule has 0 N–H and O–H groups in total. The van der Waals surface area contributed by atoms with Crippen LogP contribution < -0.4 is 33.4 Å². The van der Waals surface area contributed by atoms with Crippen molar-refractivity contribution in [3.05, 3.63) is 24.3 Å². The van der Waals surface area contributed by atoms with Gasteiger partial charge in [-0.25, -0.2) is 0 Å². The fourth-order valence-corrected chi connectivity index (χ4v) is 0.981. The monoisotopic (exact) mass is 202 g/mol. The van der Waals surface area contributed by atoms with Gasteiger partial charge in [0.2, 0.25) is 0 Å². The summed E-state index contributed by atoms with van der Waals surface area (Å²) in [5.74, 6) is -0.300. The molecule has 0 fully saturated rings. The average Bonchev–Trinajstić information content (AvgIpc) is 2.17. The molecule has 1 aromatic rings. The van der Waals surface area contributed by atoms with Crippen molar-refractivity contribution < 1.29 is 38.2 Å². The Morgan fingerprint density at radius 1 is 1.27 bits per heavy atom. The van der Waals surface area contributed by atoms with Crippen LogP contribution in [0.2, 0.25) is 0 Å². The van der Waals surface area contributed by atoms with Gasteiger partial charge >= 0.3 is 18.9 Å². The molecule has 15 heavy (non-hydrogen) atoms. The molecule has 0 saturated carbocycles. The second kappa shape index (κ2) is 7.21. The van der Waals surface area contributed by atoms with Crippen molar-refractivity contribution >= 4 is 5.97 Å². The molecule has 0 unspecified atom stereocenters. The fraction of sp³-hybridized carbons (Fsp3) is 0.300. The summed E-state index contributed by atoms with van der Waals surface area (Å²) in [6, 6.07) is 6.89. The van der Waals surface area contributed by atoms with Crippen LogP contribution in [0.25, 0.3) is 0 Å². The van der Waals surface area contributed by atoms with Gasteiger partial charge in [-0.15, -0.1) is 0 Å². The van der Waals surface area contributed by atoms with Crippen LogP contribution in [0.5, 0.6) is 11.5 Å². The van der Waals surface area contributed by atoms with Crippen LogP contribution in [0.1, 0.15) is 6.92 Å². The van der Waals surface area contributed by atoms with Gasteiger partial charge < -0.3 is 19.4 Å². The Morgan fingerprint density at radius 2 is 1.80 bits per heavy atom. The van der Waals surface area contributed by atoms with E-state index in [-0.39, 0.29) is 18.9 Å². The zero-order valence-corrected chi connectivity index (χ0v) is 8.86. The van der Waals surface area contributed by atoms with Crippen molar-refractivity contribution in [2.24, 2.45) is 0 Å². The molecule has 0 radical (unpaired) electrons. The first kappa shape index (κ1) is 13.9. The van der Waals surface area contributed by atoms with E-state index in [0.29, 0.717) is 18.1 Å². The second-order valence-electron chi connectivity index (χ2n) is 2.54. The Bertz CT molecular complexity index is 314. The number of benzene rings is 1. The molecule has 4 nitrogen and oxygen atoms in total. The SMILES string of the molecule is CCOc1ccccc1OCC(=O)[O-].[Li+]. The summed E-state index contributed by atoms with van der Waals surface area (Å²) < 4.78 is 10.2. The summed E-state index contributed by atoms with van der Waals surface area (Å²) in [5, 5.41) is 10.2. The topological polar surface area (TPSA) is 58.6 Å². The number of carbonyl (C=O) groups excluding carboxylic acids is 1. The molecule has 0 aliphatic heterocycles. The summed E-state index contributed by atoms with van der Waals surface area (Å²) in [4.78, 5) is 10.2. The summed E-state index contributed by atoms with van der Waals surface area (Å²) in [6.07, 6.45) is 0. The average molecular weight is 202 g/mol. The molecule has 0 saturated heterocycles. The number of aliphatic carboxylic acids is 1. The van der Waals surface area contributed by atoms with Crippen molar-refractivity contribution in [3.63, 3.8) is 0 Å². The van der Waals surface area contributed by atoms with Crippen molar-refractivity contribution in [1.82, 2.24) is 0 Å². The molecule has 76 valence electrons. The fourth-order valence-electron chi connectivity index (χ4n) is 0.981. The summed E-state index contributed by atoms with van der Waals surface area (Å²) >= 11 is 0. The maximum Gasteiger partial charge on any atom is 1.00 e. The predicted octanol–water partition coefficient (Wildman–Crippen LogP) is -2.78. The minimum absolute atomic E-state index is 0. The quantitative estimate of drug-likeness (QED) is 0.484. The molecule has 1 aromatic carbocycles. The molecular formula is C10H11LiO4. The Balaban J connectivity index is 0.00000196. The largest absolute Gasteiger partial charge is 1.00 e. The van der Waals surface area contributed by atoms with Gasteiger partial charge in [0.25, 0.3) is 0 Å². The molecule has 0 aliphatic carbocycles. The number of para-hydroxylation sites is 2. The third-order valence-electron chi connectivity index (χ3n) is 1.49. The van der Waals surface area contributed by atoms with E-state index in [4.69, 9.17) is 9.47 Å². The van der Waals surface area contributed by atoms with E-state index < -0.39 is 12.6 Å². The molecule has 0 bridgehead atoms. The third-order valence-corrected chi connectivity index (χ3v) is 1.49. The van der Waals surface area contributed by atoms with Crippen LogP contribution >= 0.6 is 0 Å². The number of ether oxygens (including phenoxy) is 2. The van der Waals surface area contributed by atoms with Crippen LogP contribution in [0, 0.1) is 0 Å². The zero-order chi connectivity index (χ0) is 10.4. The molecule has 0 aromatic heterocycles. The van der Waals surface area contributed by atoms with Crippen LogP contribution in [-0.4, -0.2) is 19.2 Å². The molecule has 0 atom stereocenters. The Morgan fingerprint density at radius 3 is 2.27 bits per heavy atom. The number of carboxylic acids is 1. The van der Waals surface area contributed by atoms with Gasteiger partial charge in [0.15, 0.2) is 11.5 Å². The van der Waals surface area contributed by atoms with E-state index >= 15 is 0 Å². The van der Waals surface area contributed by atoms with Crippen LogP contribution in [0.3, 0.4) is 0 Å². The molecule has 5 heteroatoms. The molecule has 1 rings (SSSR count).